The van der Waals surface area contributed by atoms with Crippen LogP contribution in [-0.2, 0) is 12.8 Å². The molecule has 0 saturated carbocycles. The van der Waals surface area contributed by atoms with Crippen LogP contribution in [0.3, 0.4) is 0 Å². The minimum atomic E-state index is -0.140. The van der Waals surface area contributed by atoms with E-state index in [1.807, 2.05) is 6.07 Å². The number of rotatable bonds is 6. The molecule has 1 aromatic heterocycles. The SMILES string of the molecule is Fc1cccc(CC(CBr)CCc2ccsc2)c1. The van der Waals surface area contributed by atoms with Gasteiger partial charge in [-0.2, -0.15) is 11.3 Å². The fourth-order valence-corrected chi connectivity index (χ4v) is 3.29. The smallest absolute Gasteiger partial charge is 0.123 e. The number of aryl methyl sites for hydroxylation is 1. The van der Waals surface area contributed by atoms with Crippen LogP contribution < -0.4 is 0 Å². The molecule has 0 aliphatic heterocycles. The lowest BCUT2D eigenvalue weighted by Crippen LogP contribution is -2.07. The van der Waals surface area contributed by atoms with E-state index >= 15 is 0 Å². The molecule has 0 nitrogen and oxygen atoms in total. The molecule has 1 unspecified atom stereocenters. The van der Waals surface area contributed by atoms with Crippen molar-refractivity contribution in [3.8, 4) is 0 Å². The zero-order valence-corrected chi connectivity index (χ0v) is 12.5. The zero-order valence-electron chi connectivity index (χ0n) is 10.1. The Morgan fingerprint density at radius 2 is 2.11 bits per heavy atom. The number of alkyl halides is 1. The Labute approximate surface area is 120 Å². The Hall–Kier alpha value is -0.670. The lowest BCUT2D eigenvalue weighted by Gasteiger charge is -2.13. The molecule has 0 radical (unpaired) electrons. The highest BCUT2D eigenvalue weighted by Crippen LogP contribution is 2.19. The van der Waals surface area contributed by atoms with Gasteiger partial charge >= 0.3 is 0 Å². The van der Waals surface area contributed by atoms with Crippen LogP contribution in [0.25, 0.3) is 0 Å². The average Bonchev–Trinajstić information content (AvgIpc) is 2.87. The highest BCUT2D eigenvalue weighted by molar-refractivity contribution is 9.09. The van der Waals surface area contributed by atoms with E-state index in [0.717, 1.165) is 30.2 Å². The van der Waals surface area contributed by atoms with Gasteiger partial charge in [-0.05, 0) is 65.3 Å². The Balaban J connectivity index is 1.89. The third kappa shape index (κ3) is 4.21. The molecular formula is C15H16BrFS. The molecule has 1 heterocycles. The third-order valence-electron chi connectivity index (χ3n) is 3.05. The summed E-state index contributed by atoms with van der Waals surface area (Å²) in [5.74, 6) is 0.422. The van der Waals surface area contributed by atoms with Gasteiger partial charge in [0.05, 0.1) is 0 Å². The van der Waals surface area contributed by atoms with Crippen molar-refractivity contribution in [3.63, 3.8) is 0 Å². The molecule has 0 N–H and O–H groups in total. The topological polar surface area (TPSA) is 0 Å². The Kier molecular flexibility index (Phi) is 5.39. The molecule has 3 heteroatoms. The maximum atomic E-state index is 13.1. The zero-order chi connectivity index (χ0) is 12.8. The number of hydrogen-bond acceptors (Lipinski definition) is 1. The van der Waals surface area contributed by atoms with Gasteiger partial charge in [-0.15, -0.1) is 0 Å². The van der Waals surface area contributed by atoms with Gasteiger partial charge in [-0.3, -0.25) is 0 Å². The van der Waals surface area contributed by atoms with E-state index in [0.29, 0.717) is 5.92 Å². The largest absolute Gasteiger partial charge is 0.207 e. The van der Waals surface area contributed by atoms with Crippen molar-refractivity contribution in [3.05, 3.63) is 58.0 Å². The molecule has 1 aromatic carbocycles. The van der Waals surface area contributed by atoms with Crippen LogP contribution in [0.1, 0.15) is 17.5 Å². The number of halogens is 2. The second-order valence-corrected chi connectivity index (χ2v) is 5.95. The molecule has 96 valence electrons. The molecule has 0 spiro atoms. The van der Waals surface area contributed by atoms with Crippen molar-refractivity contribution in [2.24, 2.45) is 5.92 Å². The summed E-state index contributed by atoms with van der Waals surface area (Å²) in [6, 6.07) is 9.11. The van der Waals surface area contributed by atoms with Crippen LogP contribution in [0.5, 0.6) is 0 Å². The summed E-state index contributed by atoms with van der Waals surface area (Å²) in [4.78, 5) is 0. The molecule has 2 aromatic rings. The maximum Gasteiger partial charge on any atom is 0.123 e. The van der Waals surface area contributed by atoms with Crippen molar-refractivity contribution < 1.29 is 4.39 Å². The van der Waals surface area contributed by atoms with Gasteiger partial charge in [0.2, 0.25) is 0 Å². The molecule has 0 saturated heterocycles. The van der Waals surface area contributed by atoms with E-state index in [1.54, 1.807) is 23.5 Å². The van der Waals surface area contributed by atoms with E-state index in [4.69, 9.17) is 0 Å². The summed E-state index contributed by atoms with van der Waals surface area (Å²) >= 11 is 5.31. The molecule has 0 aliphatic rings. The van der Waals surface area contributed by atoms with Gasteiger partial charge in [0.15, 0.2) is 0 Å². The van der Waals surface area contributed by atoms with Crippen molar-refractivity contribution in [2.45, 2.75) is 19.3 Å². The predicted molar refractivity (Wildman–Crippen MR) is 80.0 cm³/mol. The molecule has 0 aliphatic carbocycles. The summed E-state index contributed by atoms with van der Waals surface area (Å²) in [6.45, 7) is 0. The van der Waals surface area contributed by atoms with Crippen LogP contribution in [0.15, 0.2) is 41.1 Å². The summed E-state index contributed by atoms with van der Waals surface area (Å²) in [7, 11) is 0. The van der Waals surface area contributed by atoms with Crippen LogP contribution in [0.4, 0.5) is 4.39 Å². The molecular weight excluding hydrogens is 311 g/mol. The highest BCUT2D eigenvalue weighted by Gasteiger charge is 2.09. The second kappa shape index (κ2) is 7.05. The van der Waals surface area contributed by atoms with Crippen molar-refractivity contribution in [1.29, 1.82) is 0 Å². The van der Waals surface area contributed by atoms with E-state index in [1.165, 1.54) is 11.6 Å². The van der Waals surface area contributed by atoms with Crippen molar-refractivity contribution in [2.75, 3.05) is 5.33 Å². The van der Waals surface area contributed by atoms with E-state index < -0.39 is 0 Å². The van der Waals surface area contributed by atoms with E-state index in [-0.39, 0.29) is 5.82 Å². The molecule has 0 bridgehead atoms. The van der Waals surface area contributed by atoms with Gasteiger partial charge in [0.1, 0.15) is 5.82 Å². The van der Waals surface area contributed by atoms with Gasteiger partial charge in [0, 0.05) is 5.33 Å². The Morgan fingerprint density at radius 3 is 2.78 bits per heavy atom. The first-order valence-corrected chi connectivity index (χ1v) is 8.16. The number of benzene rings is 1. The van der Waals surface area contributed by atoms with Crippen molar-refractivity contribution in [1.82, 2.24) is 0 Å². The maximum absolute atomic E-state index is 13.1. The van der Waals surface area contributed by atoms with E-state index in [9.17, 15) is 4.39 Å². The lowest BCUT2D eigenvalue weighted by atomic mass is 9.95. The summed E-state index contributed by atoms with van der Waals surface area (Å²) in [5, 5.41) is 5.28. The van der Waals surface area contributed by atoms with Crippen LogP contribution >= 0.6 is 27.3 Å². The fraction of sp³-hybridized carbons (Fsp3) is 0.333. The van der Waals surface area contributed by atoms with Crippen LogP contribution in [-0.4, -0.2) is 5.33 Å². The number of hydrogen-bond donors (Lipinski definition) is 0. The minimum absolute atomic E-state index is 0.140. The number of thiophene rings is 1. The highest BCUT2D eigenvalue weighted by atomic mass is 79.9. The lowest BCUT2D eigenvalue weighted by molar-refractivity contribution is 0.540. The Bertz CT molecular complexity index is 467. The normalized spacial score (nSPS) is 12.6. The van der Waals surface area contributed by atoms with Crippen LogP contribution in [0.2, 0.25) is 0 Å². The molecule has 18 heavy (non-hydrogen) atoms. The van der Waals surface area contributed by atoms with Crippen LogP contribution in [0, 0.1) is 11.7 Å². The summed E-state index contributed by atoms with van der Waals surface area (Å²) in [6.07, 6.45) is 3.18. The minimum Gasteiger partial charge on any atom is -0.207 e. The summed E-state index contributed by atoms with van der Waals surface area (Å²) < 4.78 is 13.1. The first-order chi connectivity index (χ1) is 8.78. The average molecular weight is 327 g/mol. The predicted octanol–water partition coefficient (Wildman–Crippen LogP) is 5.07. The standard InChI is InChI=1S/C15H16BrFS/c16-10-14(5-4-12-6-7-18-11-12)8-13-2-1-3-15(17)9-13/h1-3,6-7,9,11,14H,4-5,8,10H2. The van der Waals surface area contributed by atoms with Crippen molar-refractivity contribution >= 4 is 27.3 Å². The fourth-order valence-electron chi connectivity index (χ4n) is 2.04. The summed E-state index contributed by atoms with van der Waals surface area (Å²) in [5.41, 5.74) is 2.50. The molecule has 0 fully saturated rings. The van der Waals surface area contributed by atoms with Gasteiger partial charge in [-0.25, -0.2) is 4.39 Å². The van der Waals surface area contributed by atoms with Gasteiger partial charge in [-0.1, -0.05) is 28.1 Å². The monoisotopic (exact) mass is 326 g/mol. The first-order valence-electron chi connectivity index (χ1n) is 6.09. The quantitative estimate of drug-likeness (QED) is 0.650. The van der Waals surface area contributed by atoms with Gasteiger partial charge < -0.3 is 0 Å². The molecule has 2 rings (SSSR count). The van der Waals surface area contributed by atoms with E-state index in [2.05, 4.69) is 32.8 Å². The first kappa shape index (κ1) is 13.8. The van der Waals surface area contributed by atoms with Gasteiger partial charge in [0.25, 0.3) is 0 Å². The molecule has 0 amide bonds. The third-order valence-corrected chi connectivity index (χ3v) is 4.70. The second-order valence-electron chi connectivity index (χ2n) is 4.52. The Morgan fingerprint density at radius 1 is 1.22 bits per heavy atom. The molecule has 1 atom stereocenters.